The van der Waals surface area contributed by atoms with Crippen molar-refractivity contribution in [2.75, 3.05) is 6.54 Å². The molecule has 2 amide bonds. The van der Waals surface area contributed by atoms with Crippen molar-refractivity contribution in [3.05, 3.63) is 42.0 Å². The SMILES string of the molecule is C=CCN1C(=O)C[C@H]2[C@@H]3CCc4cc(OC(C)=O)ccc4[C@H]3CC[C@]2(C)C1=O. The molecule has 0 radical (unpaired) electrons. The average Bonchev–Trinajstić information content (AvgIpc) is 2.65. The number of aryl methyl sites for hydroxylation is 1. The normalized spacial score (nSPS) is 31.5. The molecule has 0 N–H and O–H groups in total. The number of hydrogen-bond donors (Lipinski definition) is 0. The van der Waals surface area contributed by atoms with E-state index in [1.54, 1.807) is 6.08 Å². The molecule has 5 heteroatoms. The van der Waals surface area contributed by atoms with Gasteiger partial charge in [-0.25, -0.2) is 0 Å². The zero-order valence-corrected chi connectivity index (χ0v) is 16.6. The van der Waals surface area contributed by atoms with E-state index in [9.17, 15) is 14.4 Å². The molecular formula is C23H27NO4. The highest BCUT2D eigenvalue weighted by atomic mass is 16.5. The third kappa shape index (κ3) is 2.88. The van der Waals surface area contributed by atoms with Crippen LogP contribution in [0.4, 0.5) is 0 Å². The van der Waals surface area contributed by atoms with Gasteiger partial charge in [0.1, 0.15) is 5.75 Å². The maximum atomic E-state index is 13.2. The predicted molar refractivity (Wildman–Crippen MR) is 105 cm³/mol. The van der Waals surface area contributed by atoms with Gasteiger partial charge in [0.15, 0.2) is 0 Å². The van der Waals surface area contributed by atoms with Crippen LogP contribution >= 0.6 is 0 Å². The summed E-state index contributed by atoms with van der Waals surface area (Å²) < 4.78 is 5.24. The van der Waals surface area contributed by atoms with Crippen LogP contribution in [-0.2, 0) is 20.8 Å². The van der Waals surface area contributed by atoms with E-state index in [-0.39, 0.29) is 23.7 Å². The van der Waals surface area contributed by atoms with Crippen LogP contribution < -0.4 is 4.74 Å². The molecule has 4 rings (SSSR count). The summed E-state index contributed by atoms with van der Waals surface area (Å²) in [4.78, 5) is 38.5. The van der Waals surface area contributed by atoms with Gasteiger partial charge in [0.05, 0.1) is 5.41 Å². The van der Waals surface area contributed by atoms with Gasteiger partial charge in [-0.05, 0) is 66.7 Å². The van der Waals surface area contributed by atoms with Crippen molar-refractivity contribution in [2.24, 2.45) is 17.3 Å². The topological polar surface area (TPSA) is 63.7 Å². The second-order valence-electron chi connectivity index (χ2n) is 8.63. The van der Waals surface area contributed by atoms with Crippen molar-refractivity contribution in [3.8, 4) is 5.75 Å². The highest BCUT2D eigenvalue weighted by Crippen LogP contribution is 2.58. The number of benzene rings is 1. The van der Waals surface area contributed by atoms with E-state index in [0.717, 1.165) is 25.7 Å². The van der Waals surface area contributed by atoms with Gasteiger partial charge < -0.3 is 4.74 Å². The maximum absolute atomic E-state index is 13.2. The number of piperidine rings is 1. The number of ether oxygens (including phenoxy) is 1. The molecule has 1 saturated heterocycles. The van der Waals surface area contributed by atoms with Gasteiger partial charge in [0.2, 0.25) is 11.8 Å². The zero-order valence-electron chi connectivity index (χ0n) is 16.6. The fraction of sp³-hybridized carbons (Fsp3) is 0.522. The molecule has 1 saturated carbocycles. The first-order valence-corrected chi connectivity index (χ1v) is 10.1. The minimum Gasteiger partial charge on any atom is -0.427 e. The molecule has 1 aromatic rings. The number of hydrogen-bond acceptors (Lipinski definition) is 4. The van der Waals surface area contributed by atoms with E-state index < -0.39 is 5.41 Å². The minimum atomic E-state index is -0.465. The van der Waals surface area contributed by atoms with Crippen LogP contribution in [0, 0.1) is 17.3 Å². The van der Waals surface area contributed by atoms with E-state index in [2.05, 4.69) is 19.6 Å². The smallest absolute Gasteiger partial charge is 0.308 e. The number of nitrogens with zero attached hydrogens (tertiary/aromatic N) is 1. The summed E-state index contributed by atoms with van der Waals surface area (Å²) in [6.45, 7) is 7.45. The second-order valence-corrected chi connectivity index (χ2v) is 8.63. The first-order valence-electron chi connectivity index (χ1n) is 10.1. The Hall–Kier alpha value is -2.43. The molecule has 1 heterocycles. The lowest BCUT2D eigenvalue weighted by molar-refractivity contribution is -0.166. The summed E-state index contributed by atoms with van der Waals surface area (Å²) in [6, 6.07) is 5.91. The Morgan fingerprint density at radius 1 is 1.36 bits per heavy atom. The number of rotatable bonds is 3. The third-order valence-electron chi connectivity index (χ3n) is 7.09. The first-order chi connectivity index (χ1) is 13.3. The Morgan fingerprint density at radius 2 is 2.14 bits per heavy atom. The van der Waals surface area contributed by atoms with Crippen molar-refractivity contribution in [1.82, 2.24) is 4.90 Å². The number of likely N-dealkylation sites (tertiary alicyclic amines) is 1. The summed E-state index contributed by atoms with van der Waals surface area (Å²) in [6.07, 6.45) is 5.66. The van der Waals surface area contributed by atoms with Crippen molar-refractivity contribution < 1.29 is 19.1 Å². The molecule has 0 spiro atoms. The van der Waals surface area contributed by atoms with E-state index in [0.29, 0.717) is 30.6 Å². The van der Waals surface area contributed by atoms with Gasteiger partial charge in [-0.2, -0.15) is 0 Å². The quantitative estimate of drug-likeness (QED) is 0.347. The summed E-state index contributed by atoms with van der Waals surface area (Å²) in [5, 5.41) is 0. The predicted octanol–water partition coefficient (Wildman–Crippen LogP) is 3.62. The Balaban J connectivity index is 1.63. The van der Waals surface area contributed by atoms with Crippen LogP contribution in [0.5, 0.6) is 5.75 Å². The highest BCUT2D eigenvalue weighted by molar-refractivity contribution is 6.01. The van der Waals surface area contributed by atoms with Crippen LogP contribution in [0.1, 0.15) is 56.6 Å². The standard InChI is InChI=1S/C23H27NO4/c1-4-11-24-21(26)13-20-19-7-5-15-12-16(28-14(2)25)6-8-17(15)18(19)9-10-23(20,3)22(24)27/h4,6,8,12,18-20H,1,5,7,9-11,13H2,2-3H3/t18-,19-,20+,23+/m1/s1. The Bertz CT molecular complexity index is 860. The Kier molecular flexibility index (Phi) is 4.64. The number of carbonyl (C=O) groups excluding carboxylic acids is 3. The van der Waals surface area contributed by atoms with Crippen molar-refractivity contribution in [1.29, 1.82) is 0 Å². The lowest BCUT2D eigenvalue weighted by Gasteiger charge is -2.54. The Morgan fingerprint density at radius 3 is 2.86 bits per heavy atom. The first kappa shape index (κ1) is 18.9. The monoisotopic (exact) mass is 381 g/mol. The van der Waals surface area contributed by atoms with Gasteiger partial charge >= 0.3 is 5.97 Å². The van der Waals surface area contributed by atoms with E-state index >= 15 is 0 Å². The molecule has 0 unspecified atom stereocenters. The van der Waals surface area contributed by atoms with Gasteiger partial charge in [-0.1, -0.05) is 19.1 Å². The minimum absolute atomic E-state index is 0.0249. The maximum Gasteiger partial charge on any atom is 0.308 e. The summed E-state index contributed by atoms with van der Waals surface area (Å²) in [5.41, 5.74) is 2.06. The van der Waals surface area contributed by atoms with E-state index in [1.807, 2.05) is 12.1 Å². The molecule has 1 aliphatic heterocycles. The number of fused-ring (bicyclic) bond motifs is 5. The van der Waals surface area contributed by atoms with Gasteiger partial charge in [0, 0.05) is 19.9 Å². The zero-order chi connectivity index (χ0) is 20.1. The van der Waals surface area contributed by atoms with Crippen molar-refractivity contribution in [3.63, 3.8) is 0 Å². The second kappa shape index (κ2) is 6.87. The van der Waals surface area contributed by atoms with Gasteiger partial charge in [-0.3, -0.25) is 19.3 Å². The lowest BCUT2D eigenvalue weighted by atomic mass is 9.52. The van der Waals surface area contributed by atoms with E-state index in [1.165, 1.54) is 23.0 Å². The number of esters is 1. The largest absolute Gasteiger partial charge is 0.427 e. The molecule has 0 bridgehead atoms. The molecule has 2 aliphatic carbocycles. The van der Waals surface area contributed by atoms with Gasteiger partial charge in [-0.15, -0.1) is 6.58 Å². The molecule has 3 aliphatic rings. The molecule has 1 aromatic carbocycles. The molecule has 28 heavy (non-hydrogen) atoms. The summed E-state index contributed by atoms with van der Waals surface area (Å²) >= 11 is 0. The van der Waals surface area contributed by atoms with Gasteiger partial charge in [0.25, 0.3) is 0 Å². The number of imide groups is 1. The molecule has 5 nitrogen and oxygen atoms in total. The van der Waals surface area contributed by atoms with Crippen LogP contribution in [0.2, 0.25) is 0 Å². The average molecular weight is 381 g/mol. The van der Waals surface area contributed by atoms with Crippen molar-refractivity contribution >= 4 is 17.8 Å². The Labute approximate surface area is 165 Å². The third-order valence-corrected chi connectivity index (χ3v) is 7.09. The van der Waals surface area contributed by atoms with E-state index in [4.69, 9.17) is 4.74 Å². The summed E-state index contributed by atoms with van der Waals surface area (Å²) in [7, 11) is 0. The van der Waals surface area contributed by atoms with Crippen molar-refractivity contribution in [2.45, 2.75) is 51.9 Å². The fourth-order valence-corrected chi connectivity index (χ4v) is 5.78. The number of carbonyl (C=O) groups is 3. The summed E-state index contributed by atoms with van der Waals surface area (Å²) in [5.74, 6) is 0.976. The fourth-order valence-electron chi connectivity index (χ4n) is 5.78. The van der Waals surface area contributed by atoms with Crippen LogP contribution in [-0.4, -0.2) is 29.2 Å². The van der Waals surface area contributed by atoms with Crippen LogP contribution in [0.3, 0.4) is 0 Å². The number of amides is 2. The molecule has 148 valence electrons. The molecule has 0 aromatic heterocycles. The molecular weight excluding hydrogens is 354 g/mol. The molecule has 2 fully saturated rings. The van der Waals surface area contributed by atoms with Crippen LogP contribution in [0.15, 0.2) is 30.9 Å². The molecule has 4 atom stereocenters. The van der Waals surface area contributed by atoms with Crippen LogP contribution in [0.25, 0.3) is 0 Å². The highest BCUT2D eigenvalue weighted by Gasteiger charge is 2.57. The lowest BCUT2D eigenvalue weighted by Crippen LogP contribution is -2.59.